The van der Waals surface area contributed by atoms with E-state index in [1.54, 1.807) is 11.0 Å². The normalized spacial score (nSPS) is 18.5. The van der Waals surface area contributed by atoms with Crippen LogP contribution in [0.5, 0.6) is 0 Å². The Morgan fingerprint density at radius 3 is 2.58 bits per heavy atom. The Morgan fingerprint density at radius 2 is 2.05 bits per heavy atom. The van der Waals surface area contributed by atoms with E-state index in [2.05, 4.69) is 0 Å². The van der Waals surface area contributed by atoms with Crippen LogP contribution in [0.1, 0.15) is 26.3 Å². The molecule has 0 radical (unpaired) electrons. The van der Waals surface area contributed by atoms with E-state index in [1.165, 1.54) is 11.8 Å². The Kier molecular flexibility index (Phi) is 4.04. The largest absolute Gasteiger partial charge is 0.288 e. The summed E-state index contributed by atoms with van der Waals surface area (Å²) in [5, 5.41) is 0.653. The Bertz CT molecular complexity index is 575. The second-order valence-corrected chi connectivity index (χ2v) is 7.36. The molecule has 1 saturated heterocycles. The molecule has 0 saturated carbocycles. The molecule has 1 aliphatic rings. The molecule has 0 spiro atoms. The number of thioether (sulfide) groups is 1. The predicted molar refractivity (Wildman–Crippen MR) is 86.2 cm³/mol. The van der Waals surface area contributed by atoms with Crippen LogP contribution >= 0.6 is 35.6 Å². The van der Waals surface area contributed by atoms with Gasteiger partial charge in [0.25, 0.3) is 5.91 Å². The molecular formula is C14H14ClNOS2. The standard InChI is InChI=1S/C14H14ClNOS2/c1-14(2,3)16-12(17)11(19-13(16)18)8-9-5-4-6-10(15)7-9/h4-8H,1-3H3. The maximum atomic E-state index is 12.4. The van der Waals surface area contributed by atoms with Gasteiger partial charge in [-0.1, -0.05) is 47.7 Å². The van der Waals surface area contributed by atoms with Gasteiger partial charge in [0.2, 0.25) is 0 Å². The summed E-state index contributed by atoms with van der Waals surface area (Å²) in [4.78, 5) is 14.7. The zero-order chi connectivity index (χ0) is 14.2. The lowest BCUT2D eigenvalue weighted by Gasteiger charge is -2.30. The van der Waals surface area contributed by atoms with Gasteiger partial charge in [-0.15, -0.1) is 0 Å². The first-order valence-electron chi connectivity index (χ1n) is 5.83. The molecule has 1 aromatic rings. The highest BCUT2D eigenvalue weighted by Gasteiger charge is 2.38. The molecule has 1 heterocycles. The average molecular weight is 312 g/mol. The van der Waals surface area contributed by atoms with Crippen molar-refractivity contribution in [2.75, 3.05) is 0 Å². The second kappa shape index (κ2) is 5.27. The highest BCUT2D eigenvalue weighted by Crippen LogP contribution is 2.36. The molecule has 0 unspecified atom stereocenters. The first kappa shape index (κ1) is 14.6. The predicted octanol–water partition coefficient (Wildman–Crippen LogP) is 4.34. The van der Waals surface area contributed by atoms with E-state index >= 15 is 0 Å². The molecule has 0 bridgehead atoms. The van der Waals surface area contributed by atoms with E-state index in [1.807, 2.05) is 45.0 Å². The third-order valence-electron chi connectivity index (χ3n) is 2.61. The van der Waals surface area contributed by atoms with Crippen LogP contribution in [0.4, 0.5) is 0 Å². The van der Waals surface area contributed by atoms with Crippen molar-refractivity contribution in [1.29, 1.82) is 0 Å². The third-order valence-corrected chi connectivity index (χ3v) is 4.15. The first-order chi connectivity index (χ1) is 8.79. The van der Waals surface area contributed by atoms with Crippen molar-refractivity contribution >= 4 is 51.9 Å². The van der Waals surface area contributed by atoms with Crippen LogP contribution in [0.15, 0.2) is 29.2 Å². The molecule has 0 atom stereocenters. The van der Waals surface area contributed by atoms with Crippen molar-refractivity contribution < 1.29 is 4.79 Å². The number of hydrogen-bond donors (Lipinski definition) is 0. The van der Waals surface area contributed by atoms with Crippen molar-refractivity contribution in [3.8, 4) is 0 Å². The molecule has 100 valence electrons. The topological polar surface area (TPSA) is 20.3 Å². The highest BCUT2D eigenvalue weighted by atomic mass is 35.5. The summed E-state index contributed by atoms with van der Waals surface area (Å²) in [5.74, 6) is -0.0394. The van der Waals surface area contributed by atoms with Crippen molar-refractivity contribution in [2.45, 2.75) is 26.3 Å². The lowest BCUT2D eigenvalue weighted by molar-refractivity contribution is -0.125. The van der Waals surface area contributed by atoms with Crippen molar-refractivity contribution in [1.82, 2.24) is 4.90 Å². The van der Waals surface area contributed by atoms with Gasteiger partial charge in [0, 0.05) is 10.6 Å². The van der Waals surface area contributed by atoms with Crippen molar-refractivity contribution in [2.24, 2.45) is 0 Å². The summed E-state index contributed by atoms with van der Waals surface area (Å²) in [6.45, 7) is 5.92. The Labute approximate surface area is 127 Å². The highest BCUT2D eigenvalue weighted by molar-refractivity contribution is 8.26. The quantitative estimate of drug-likeness (QED) is 0.568. The van der Waals surface area contributed by atoms with E-state index < -0.39 is 0 Å². The summed E-state index contributed by atoms with van der Waals surface area (Å²) in [7, 11) is 0. The van der Waals surface area contributed by atoms with Gasteiger partial charge >= 0.3 is 0 Å². The minimum absolute atomic E-state index is 0.0394. The first-order valence-corrected chi connectivity index (χ1v) is 7.43. The van der Waals surface area contributed by atoms with E-state index in [4.69, 9.17) is 23.8 Å². The average Bonchev–Trinajstić information content (AvgIpc) is 2.53. The SMILES string of the molecule is CC(C)(C)N1C(=O)C(=Cc2cccc(Cl)c2)SC1=S. The molecule has 1 amide bonds. The van der Waals surface area contributed by atoms with Crippen LogP contribution in [0.3, 0.4) is 0 Å². The van der Waals surface area contributed by atoms with E-state index in [0.29, 0.717) is 14.2 Å². The maximum absolute atomic E-state index is 12.4. The number of nitrogens with zero attached hydrogens (tertiary/aromatic N) is 1. The number of thiocarbonyl (C=S) groups is 1. The minimum Gasteiger partial charge on any atom is -0.288 e. The van der Waals surface area contributed by atoms with Gasteiger partial charge in [-0.3, -0.25) is 9.69 Å². The number of halogens is 1. The number of hydrogen-bond acceptors (Lipinski definition) is 3. The van der Waals surface area contributed by atoms with Gasteiger partial charge in [0.05, 0.1) is 4.91 Å². The molecule has 0 aliphatic carbocycles. The monoisotopic (exact) mass is 311 g/mol. The van der Waals surface area contributed by atoms with E-state index in [-0.39, 0.29) is 11.4 Å². The Balaban J connectivity index is 2.34. The zero-order valence-electron chi connectivity index (χ0n) is 10.9. The summed E-state index contributed by atoms with van der Waals surface area (Å²) in [6, 6.07) is 7.40. The van der Waals surface area contributed by atoms with Gasteiger partial charge in [0.15, 0.2) is 0 Å². The second-order valence-electron chi connectivity index (χ2n) is 5.24. The number of amides is 1. The van der Waals surface area contributed by atoms with Crippen LogP contribution in [0.25, 0.3) is 6.08 Å². The fourth-order valence-electron chi connectivity index (χ4n) is 1.79. The van der Waals surface area contributed by atoms with Crippen LogP contribution < -0.4 is 0 Å². The lowest BCUT2D eigenvalue weighted by Crippen LogP contribution is -2.44. The van der Waals surface area contributed by atoms with E-state index in [9.17, 15) is 4.79 Å². The van der Waals surface area contributed by atoms with Crippen LogP contribution in [-0.4, -0.2) is 20.7 Å². The molecule has 2 rings (SSSR count). The van der Waals surface area contributed by atoms with Crippen LogP contribution in [-0.2, 0) is 4.79 Å². The van der Waals surface area contributed by atoms with Crippen LogP contribution in [0.2, 0.25) is 5.02 Å². The van der Waals surface area contributed by atoms with Crippen molar-refractivity contribution in [3.05, 3.63) is 39.8 Å². The Morgan fingerprint density at radius 1 is 1.37 bits per heavy atom. The van der Waals surface area contributed by atoms with Gasteiger partial charge in [-0.2, -0.15) is 0 Å². The molecule has 1 fully saturated rings. The molecule has 5 heteroatoms. The molecule has 0 aromatic heterocycles. The zero-order valence-corrected chi connectivity index (χ0v) is 13.3. The summed E-state index contributed by atoms with van der Waals surface area (Å²) < 4.78 is 0.603. The van der Waals surface area contributed by atoms with Gasteiger partial charge < -0.3 is 0 Å². The third kappa shape index (κ3) is 3.19. The summed E-state index contributed by atoms with van der Waals surface area (Å²) in [6.07, 6.45) is 1.83. The maximum Gasteiger partial charge on any atom is 0.266 e. The number of rotatable bonds is 1. The van der Waals surface area contributed by atoms with Gasteiger partial charge in [-0.05, 0) is 44.5 Å². The van der Waals surface area contributed by atoms with Gasteiger partial charge in [0.1, 0.15) is 4.32 Å². The summed E-state index contributed by atoms with van der Waals surface area (Å²) >= 11 is 12.6. The van der Waals surface area contributed by atoms with Gasteiger partial charge in [-0.25, -0.2) is 0 Å². The fourth-order valence-corrected chi connectivity index (χ4v) is 3.63. The molecule has 0 N–H and O–H groups in total. The molecular weight excluding hydrogens is 298 g/mol. The molecule has 1 aliphatic heterocycles. The fraction of sp³-hybridized carbons (Fsp3) is 0.286. The van der Waals surface area contributed by atoms with Crippen LogP contribution in [0, 0.1) is 0 Å². The number of carbonyl (C=O) groups excluding carboxylic acids is 1. The minimum atomic E-state index is -0.301. The lowest BCUT2D eigenvalue weighted by atomic mass is 10.1. The number of benzene rings is 1. The summed E-state index contributed by atoms with van der Waals surface area (Å²) in [5.41, 5.74) is 0.604. The van der Waals surface area contributed by atoms with Crippen molar-refractivity contribution in [3.63, 3.8) is 0 Å². The Hall–Kier alpha value is -0.840. The molecule has 19 heavy (non-hydrogen) atoms. The molecule has 1 aromatic carbocycles. The van der Waals surface area contributed by atoms with E-state index in [0.717, 1.165) is 5.56 Å². The molecule has 2 nitrogen and oxygen atoms in total. The smallest absolute Gasteiger partial charge is 0.266 e. The number of carbonyl (C=O) groups is 1.